The maximum Gasteiger partial charge on any atom is 0.237 e. The standard InChI is InChI=1S/C15H26N4O/c1-4-18-15(3,14(16)20)9-11(2)19-10-17-12-7-5-6-8-13(12)19/h10-11,18H,4-9H2,1-3H3,(H2,16,20). The number of nitrogens with one attached hydrogen (secondary N) is 1. The van der Waals surface area contributed by atoms with Gasteiger partial charge >= 0.3 is 0 Å². The van der Waals surface area contributed by atoms with Crippen LogP contribution in [-0.4, -0.2) is 27.5 Å². The predicted octanol–water partition coefficient (Wildman–Crippen LogP) is 1.57. The number of rotatable bonds is 6. The van der Waals surface area contributed by atoms with E-state index in [0.29, 0.717) is 6.42 Å². The molecule has 0 saturated heterocycles. The van der Waals surface area contributed by atoms with Gasteiger partial charge in [-0.3, -0.25) is 4.79 Å². The summed E-state index contributed by atoms with van der Waals surface area (Å²) in [6, 6.07) is 0.209. The normalized spacial score (nSPS) is 19.1. The summed E-state index contributed by atoms with van der Waals surface area (Å²) in [5, 5.41) is 3.22. The molecule has 1 amide bonds. The topological polar surface area (TPSA) is 72.9 Å². The number of carbonyl (C=O) groups is 1. The Morgan fingerprint density at radius 3 is 2.90 bits per heavy atom. The van der Waals surface area contributed by atoms with Crippen molar-refractivity contribution < 1.29 is 4.79 Å². The van der Waals surface area contributed by atoms with Gasteiger partial charge in [0.2, 0.25) is 5.91 Å². The predicted molar refractivity (Wildman–Crippen MR) is 79.5 cm³/mol. The highest BCUT2D eigenvalue weighted by Gasteiger charge is 2.33. The average molecular weight is 278 g/mol. The van der Waals surface area contributed by atoms with Crippen molar-refractivity contribution in [3.63, 3.8) is 0 Å². The smallest absolute Gasteiger partial charge is 0.237 e. The monoisotopic (exact) mass is 278 g/mol. The van der Waals surface area contributed by atoms with E-state index < -0.39 is 5.54 Å². The summed E-state index contributed by atoms with van der Waals surface area (Å²) in [5.74, 6) is -0.291. The van der Waals surface area contributed by atoms with E-state index in [-0.39, 0.29) is 11.9 Å². The van der Waals surface area contributed by atoms with Gasteiger partial charge in [0.1, 0.15) is 0 Å². The van der Waals surface area contributed by atoms with E-state index in [2.05, 4.69) is 21.8 Å². The number of hydrogen-bond donors (Lipinski definition) is 2. The van der Waals surface area contributed by atoms with Gasteiger partial charge in [-0.1, -0.05) is 6.92 Å². The summed E-state index contributed by atoms with van der Waals surface area (Å²) < 4.78 is 2.23. The molecule has 2 rings (SSSR count). The van der Waals surface area contributed by atoms with Crippen LogP contribution in [0.15, 0.2) is 6.33 Å². The third-order valence-corrected chi connectivity index (χ3v) is 4.35. The van der Waals surface area contributed by atoms with E-state index in [9.17, 15) is 4.79 Å². The molecule has 5 nitrogen and oxygen atoms in total. The van der Waals surface area contributed by atoms with Crippen LogP contribution in [0.3, 0.4) is 0 Å². The number of primary amides is 1. The summed E-state index contributed by atoms with van der Waals surface area (Å²) >= 11 is 0. The number of hydrogen-bond acceptors (Lipinski definition) is 3. The highest BCUT2D eigenvalue weighted by atomic mass is 16.1. The molecular weight excluding hydrogens is 252 g/mol. The van der Waals surface area contributed by atoms with Crippen molar-refractivity contribution in [1.82, 2.24) is 14.9 Å². The lowest BCUT2D eigenvalue weighted by Gasteiger charge is -2.31. The molecule has 112 valence electrons. The van der Waals surface area contributed by atoms with Gasteiger partial charge in [0.05, 0.1) is 17.6 Å². The zero-order chi connectivity index (χ0) is 14.8. The lowest BCUT2D eigenvalue weighted by molar-refractivity contribution is -0.124. The Hall–Kier alpha value is -1.36. The summed E-state index contributed by atoms with van der Waals surface area (Å²) in [6.07, 6.45) is 7.23. The van der Waals surface area contributed by atoms with Crippen molar-refractivity contribution in [2.75, 3.05) is 6.54 Å². The van der Waals surface area contributed by atoms with Gasteiger partial charge in [-0.05, 0) is 52.5 Å². The molecule has 5 heteroatoms. The van der Waals surface area contributed by atoms with Crippen molar-refractivity contribution in [1.29, 1.82) is 0 Å². The van der Waals surface area contributed by atoms with Crippen molar-refractivity contribution in [2.24, 2.45) is 5.73 Å². The van der Waals surface area contributed by atoms with Gasteiger partial charge in [-0.25, -0.2) is 4.98 Å². The first kappa shape index (κ1) is 15.0. The molecule has 0 aliphatic heterocycles. The lowest BCUT2D eigenvalue weighted by atomic mass is 9.92. The minimum Gasteiger partial charge on any atom is -0.368 e. The Bertz CT molecular complexity index is 482. The molecule has 0 bridgehead atoms. The van der Waals surface area contributed by atoms with Crippen LogP contribution < -0.4 is 11.1 Å². The Kier molecular flexibility index (Phi) is 4.48. The van der Waals surface area contributed by atoms with Gasteiger partial charge < -0.3 is 15.6 Å². The zero-order valence-electron chi connectivity index (χ0n) is 12.8. The second-order valence-electron chi connectivity index (χ2n) is 6.03. The fourth-order valence-corrected chi connectivity index (χ4v) is 3.21. The molecule has 0 spiro atoms. The molecule has 1 heterocycles. The molecule has 1 aliphatic carbocycles. The van der Waals surface area contributed by atoms with Gasteiger partial charge in [0, 0.05) is 11.7 Å². The van der Waals surface area contributed by atoms with Crippen LogP contribution in [0.4, 0.5) is 0 Å². The number of amides is 1. The van der Waals surface area contributed by atoms with Crippen LogP contribution in [0.25, 0.3) is 0 Å². The van der Waals surface area contributed by atoms with E-state index in [1.807, 2.05) is 20.2 Å². The minimum atomic E-state index is -0.667. The lowest BCUT2D eigenvalue weighted by Crippen LogP contribution is -2.54. The summed E-state index contributed by atoms with van der Waals surface area (Å²) in [4.78, 5) is 16.3. The molecular formula is C15H26N4O. The van der Waals surface area contributed by atoms with Crippen LogP contribution in [0, 0.1) is 0 Å². The van der Waals surface area contributed by atoms with Crippen LogP contribution in [0.1, 0.15) is 57.5 Å². The van der Waals surface area contributed by atoms with E-state index in [4.69, 9.17) is 5.73 Å². The number of nitrogens with two attached hydrogens (primary N) is 1. The Morgan fingerprint density at radius 2 is 2.25 bits per heavy atom. The van der Waals surface area contributed by atoms with Gasteiger partial charge in [-0.15, -0.1) is 0 Å². The van der Waals surface area contributed by atoms with Crippen LogP contribution in [-0.2, 0) is 17.6 Å². The van der Waals surface area contributed by atoms with Crippen molar-refractivity contribution in [2.45, 2.75) is 64.5 Å². The zero-order valence-corrected chi connectivity index (χ0v) is 12.8. The summed E-state index contributed by atoms with van der Waals surface area (Å²) in [5.41, 5.74) is 7.47. The quantitative estimate of drug-likeness (QED) is 0.829. The number of nitrogens with zero attached hydrogens (tertiary/aromatic N) is 2. The molecule has 2 atom stereocenters. The number of carbonyl (C=O) groups excluding carboxylic acids is 1. The molecule has 0 aromatic carbocycles. The van der Waals surface area contributed by atoms with Crippen LogP contribution in [0.2, 0.25) is 0 Å². The SMILES string of the molecule is CCNC(C)(CC(C)n1cnc2c1CCCC2)C(N)=O. The summed E-state index contributed by atoms with van der Waals surface area (Å²) in [6.45, 7) is 6.74. The number of imidazole rings is 1. The van der Waals surface area contributed by atoms with E-state index in [1.54, 1.807) is 0 Å². The second kappa shape index (κ2) is 5.95. The molecule has 1 aromatic heterocycles. The molecule has 2 unspecified atom stereocenters. The first-order chi connectivity index (χ1) is 9.48. The van der Waals surface area contributed by atoms with Crippen molar-refractivity contribution in [3.8, 4) is 0 Å². The highest BCUT2D eigenvalue weighted by molar-refractivity contribution is 5.84. The Labute approximate surface area is 120 Å². The molecule has 0 fully saturated rings. The molecule has 0 saturated carbocycles. The van der Waals surface area contributed by atoms with Gasteiger partial charge in [-0.2, -0.15) is 0 Å². The third kappa shape index (κ3) is 2.87. The molecule has 3 N–H and O–H groups in total. The molecule has 0 radical (unpaired) electrons. The maximum atomic E-state index is 11.7. The van der Waals surface area contributed by atoms with E-state index >= 15 is 0 Å². The fourth-order valence-electron chi connectivity index (χ4n) is 3.21. The second-order valence-corrected chi connectivity index (χ2v) is 6.03. The van der Waals surface area contributed by atoms with Crippen molar-refractivity contribution in [3.05, 3.63) is 17.7 Å². The first-order valence-electron chi connectivity index (χ1n) is 7.57. The first-order valence-corrected chi connectivity index (χ1v) is 7.57. The highest BCUT2D eigenvalue weighted by Crippen LogP contribution is 2.27. The largest absolute Gasteiger partial charge is 0.368 e. The molecule has 20 heavy (non-hydrogen) atoms. The Balaban J connectivity index is 2.17. The number of aryl methyl sites for hydroxylation is 1. The van der Waals surface area contributed by atoms with Crippen LogP contribution >= 0.6 is 0 Å². The fraction of sp³-hybridized carbons (Fsp3) is 0.733. The Morgan fingerprint density at radius 1 is 1.55 bits per heavy atom. The van der Waals surface area contributed by atoms with Crippen molar-refractivity contribution >= 4 is 5.91 Å². The van der Waals surface area contributed by atoms with E-state index in [1.165, 1.54) is 24.2 Å². The number of aromatic nitrogens is 2. The summed E-state index contributed by atoms with van der Waals surface area (Å²) in [7, 11) is 0. The van der Waals surface area contributed by atoms with Crippen LogP contribution in [0.5, 0.6) is 0 Å². The average Bonchev–Trinajstić information content (AvgIpc) is 2.82. The van der Waals surface area contributed by atoms with E-state index in [0.717, 1.165) is 19.4 Å². The van der Waals surface area contributed by atoms with Gasteiger partial charge in [0.25, 0.3) is 0 Å². The number of fused-ring (bicyclic) bond motifs is 1. The molecule has 1 aliphatic rings. The third-order valence-electron chi connectivity index (χ3n) is 4.35. The van der Waals surface area contributed by atoms with Gasteiger partial charge in [0.15, 0.2) is 0 Å². The number of likely N-dealkylation sites (N-methyl/N-ethyl adjacent to an activating group) is 1. The minimum absolute atomic E-state index is 0.209. The molecule has 1 aromatic rings. The maximum absolute atomic E-state index is 11.7.